The number of carbonyl (C=O) groups is 1. The molecule has 0 aliphatic heterocycles. The third-order valence-corrected chi connectivity index (χ3v) is 3.36. The molecular formula is C14H18F6NO2P. The van der Waals surface area contributed by atoms with Crippen molar-refractivity contribution in [2.24, 2.45) is 5.92 Å². The zero-order valence-electron chi connectivity index (χ0n) is 13.1. The fourth-order valence-electron chi connectivity index (χ4n) is 2.32. The summed E-state index contributed by atoms with van der Waals surface area (Å²) >= 11 is 0. The Balaban J connectivity index is 0.000000351. The van der Waals surface area contributed by atoms with E-state index in [1.54, 1.807) is 0 Å². The maximum absolute atomic E-state index is 11.6. The predicted octanol–water partition coefficient (Wildman–Crippen LogP) is 5.56. The average molecular weight is 377 g/mol. The van der Waals surface area contributed by atoms with Gasteiger partial charge < -0.3 is 4.74 Å². The second-order valence-corrected chi connectivity index (χ2v) is 7.35. The Morgan fingerprint density at radius 3 is 2.08 bits per heavy atom. The molecule has 0 N–H and O–H groups in total. The van der Waals surface area contributed by atoms with E-state index in [1.165, 1.54) is 18.4 Å². The van der Waals surface area contributed by atoms with Crippen LogP contribution in [-0.4, -0.2) is 13.1 Å². The summed E-state index contributed by atoms with van der Waals surface area (Å²) in [6, 6.07) is 6.00. The molecule has 138 valence electrons. The first-order valence-corrected chi connectivity index (χ1v) is 8.99. The second kappa shape index (κ2) is 6.35. The van der Waals surface area contributed by atoms with Gasteiger partial charge in [-0.05, 0) is 25.3 Å². The molecule has 1 atom stereocenters. The van der Waals surface area contributed by atoms with E-state index in [0.717, 1.165) is 19.3 Å². The van der Waals surface area contributed by atoms with E-state index in [-0.39, 0.29) is 11.9 Å². The van der Waals surface area contributed by atoms with E-state index in [0.29, 0.717) is 0 Å². The minimum atomic E-state index is -10.7. The number of methoxy groups -OCH3 is 1. The van der Waals surface area contributed by atoms with E-state index < -0.39 is 7.81 Å². The summed E-state index contributed by atoms with van der Waals surface area (Å²) in [5.41, 5.74) is 2.59. The van der Waals surface area contributed by atoms with Crippen molar-refractivity contribution in [3.8, 4) is 0 Å². The average Bonchev–Trinajstić information content (AvgIpc) is 2.44. The number of rotatable bonds is 2. The van der Waals surface area contributed by atoms with Crippen LogP contribution in [0.2, 0.25) is 0 Å². The summed E-state index contributed by atoms with van der Waals surface area (Å²) in [5.74, 6) is -0.0852. The number of pyridine rings is 1. The summed E-state index contributed by atoms with van der Waals surface area (Å²) < 4.78 is 66.1. The van der Waals surface area contributed by atoms with Gasteiger partial charge in [-0.3, -0.25) is 4.79 Å². The minimum absolute atomic E-state index is 0.00593. The van der Waals surface area contributed by atoms with Crippen LogP contribution in [0.1, 0.15) is 26.2 Å². The van der Waals surface area contributed by atoms with Crippen LogP contribution in [0.15, 0.2) is 36.2 Å². The number of allylic oxidation sites excluding steroid dienone is 2. The molecule has 2 rings (SSSR count). The number of hydrogen-bond donors (Lipinski definition) is 0. The molecule has 0 spiro atoms. The van der Waals surface area contributed by atoms with E-state index in [9.17, 15) is 30.0 Å². The summed E-state index contributed by atoms with van der Waals surface area (Å²) in [6.45, 7) is 2.14. The molecule has 0 aromatic carbocycles. The molecule has 10 heteroatoms. The van der Waals surface area contributed by atoms with Crippen molar-refractivity contribution < 1.29 is 39.3 Å². The Morgan fingerprint density at radius 1 is 1.12 bits per heavy atom. The molecule has 3 nitrogen and oxygen atoms in total. The van der Waals surface area contributed by atoms with Crippen molar-refractivity contribution in [1.82, 2.24) is 0 Å². The molecule has 1 unspecified atom stereocenters. The van der Waals surface area contributed by atoms with Crippen molar-refractivity contribution in [2.75, 3.05) is 7.11 Å². The van der Waals surface area contributed by atoms with Gasteiger partial charge in [-0.2, -0.15) is 4.57 Å². The monoisotopic (exact) mass is 377 g/mol. The first-order valence-electron chi connectivity index (χ1n) is 6.97. The molecule has 0 saturated heterocycles. The fourth-order valence-corrected chi connectivity index (χ4v) is 2.32. The van der Waals surface area contributed by atoms with Gasteiger partial charge in [0.2, 0.25) is 0 Å². The van der Waals surface area contributed by atoms with Crippen molar-refractivity contribution in [2.45, 2.75) is 26.2 Å². The molecule has 0 fully saturated rings. The van der Waals surface area contributed by atoms with Crippen LogP contribution in [0, 0.1) is 5.92 Å². The molecule has 1 aliphatic carbocycles. The number of ether oxygens (including phenoxy) is 1. The molecule has 0 saturated carbocycles. The Kier molecular flexibility index (Phi) is 5.40. The van der Waals surface area contributed by atoms with Crippen LogP contribution in [0.4, 0.5) is 25.2 Å². The van der Waals surface area contributed by atoms with Crippen LogP contribution in [0.5, 0.6) is 0 Å². The van der Waals surface area contributed by atoms with E-state index >= 15 is 0 Å². The van der Waals surface area contributed by atoms with Crippen molar-refractivity contribution >= 4 is 19.5 Å². The van der Waals surface area contributed by atoms with Crippen LogP contribution < -0.4 is 4.57 Å². The Morgan fingerprint density at radius 2 is 1.62 bits per heavy atom. The number of hydrogen-bond acceptors (Lipinski definition) is 2. The summed E-state index contributed by atoms with van der Waals surface area (Å²) in [7, 11) is -9.20. The number of nitrogens with zero attached hydrogens (tertiary/aromatic N) is 1. The van der Waals surface area contributed by atoms with Crippen LogP contribution in [0.25, 0.3) is 5.70 Å². The van der Waals surface area contributed by atoms with Gasteiger partial charge >= 0.3 is 39.0 Å². The number of aromatic nitrogens is 1. The van der Waals surface area contributed by atoms with Crippen LogP contribution in [-0.2, 0) is 9.53 Å². The first kappa shape index (κ1) is 20.4. The van der Waals surface area contributed by atoms with Crippen molar-refractivity contribution in [3.63, 3.8) is 0 Å². The Hall–Kier alpha value is -1.63. The molecule has 1 heterocycles. The zero-order valence-corrected chi connectivity index (χ0v) is 14.0. The first-order chi connectivity index (χ1) is 10.7. The van der Waals surface area contributed by atoms with Gasteiger partial charge in [0.15, 0.2) is 18.1 Å². The molecule has 24 heavy (non-hydrogen) atoms. The molecule has 0 radical (unpaired) electrons. The third kappa shape index (κ3) is 8.86. The van der Waals surface area contributed by atoms with Crippen LogP contribution in [0.3, 0.4) is 0 Å². The summed E-state index contributed by atoms with van der Waals surface area (Å²) in [4.78, 5) is 11.6. The van der Waals surface area contributed by atoms with Gasteiger partial charge in [-0.1, -0.05) is 6.07 Å². The quantitative estimate of drug-likeness (QED) is 0.292. The zero-order chi connectivity index (χ0) is 18.7. The maximum atomic E-state index is 11.6. The van der Waals surface area contributed by atoms with E-state index in [1.807, 2.05) is 30.6 Å². The van der Waals surface area contributed by atoms with Gasteiger partial charge in [0.25, 0.3) is 0 Å². The predicted molar refractivity (Wildman–Crippen MR) is 78.5 cm³/mol. The van der Waals surface area contributed by atoms with E-state index in [2.05, 4.69) is 11.5 Å². The molecule has 1 aromatic rings. The topological polar surface area (TPSA) is 30.2 Å². The standard InChI is InChI=1S/C14H18NO2.F6P/c1-11-6-7-12(14(16)17-2)10-13(11)15-8-4-3-5-9-15;1-7(2,3,4,5)6/h3-5,8-9,12H,6-7,10H2,1-2H3;/q+1;-1. The Bertz CT molecular complexity index is 616. The molecule has 0 bridgehead atoms. The van der Waals surface area contributed by atoms with Gasteiger partial charge in [-0.25, -0.2) is 0 Å². The van der Waals surface area contributed by atoms with Crippen molar-refractivity contribution in [1.29, 1.82) is 0 Å². The number of halogens is 6. The fraction of sp³-hybridized carbons (Fsp3) is 0.429. The van der Waals surface area contributed by atoms with Gasteiger partial charge in [0.1, 0.15) is 0 Å². The third-order valence-electron chi connectivity index (χ3n) is 3.36. The number of esters is 1. The van der Waals surface area contributed by atoms with E-state index in [4.69, 9.17) is 4.74 Å². The van der Waals surface area contributed by atoms with Gasteiger partial charge in [0, 0.05) is 18.6 Å². The molecule has 0 amide bonds. The molecule has 1 aliphatic rings. The van der Waals surface area contributed by atoms with Gasteiger partial charge in [0.05, 0.1) is 13.0 Å². The van der Waals surface area contributed by atoms with Gasteiger partial charge in [-0.15, -0.1) is 0 Å². The number of carbonyl (C=O) groups excluding carboxylic acids is 1. The SMILES string of the molecule is COC(=O)C1CCC(C)=C([n+]2ccccc2)C1.F[P-](F)(F)(F)(F)F. The van der Waals surface area contributed by atoms with Crippen LogP contribution >= 0.6 is 7.81 Å². The normalized spacial score (nSPS) is 21.1. The Labute approximate surface area is 135 Å². The summed E-state index contributed by atoms with van der Waals surface area (Å²) in [6.07, 6.45) is 6.69. The molecule has 1 aromatic heterocycles. The van der Waals surface area contributed by atoms with Crippen molar-refractivity contribution in [3.05, 3.63) is 36.2 Å². The summed E-state index contributed by atoms with van der Waals surface area (Å²) in [5, 5.41) is 0. The molecular weight excluding hydrogens is 359 g/mol. The second-order valence-electron chi connectivity index (χ2n) is 5.43.